The Bertz CT molecular complexity index is 415. The Balaban J connectivity index is 0.000000771. The van der Waals surface area contributed by atoms with Gasteiger partial charge in [0.15, 0.2) is 5.82 Å². The van der Waals surface area contributed by atoms with Gasteiger partial charge in [-0.25, -0.2) is 4.39 Å². The molecule has 0 bridgehead atoms. The highest BCUT2D eigenvalue weighted by Gasteiger charge is 2.26. The molecule has 2 N–H and O–H groups in total. The van der Waals surface area contributed by atoms with Gasteiger partial charge in [-0.15, -0.1) is 0 Å². The van der Waals surface area contributed by atoms with Gasteiger partial charge >= 0.3 is 0 Å². The molecule has 1 nitrogen and oxygen atoms in total. The maximum Gasteiger partial charge on any atom is 0.164 e. The summed E-state index contributed by atoms with van der Waals surface area (Å²) in [5.41, 5.74) is 7.95. The number of hydrogen-bond acceptors (Lipinski definition) is 1. The van der Waals surface area contributed by atoms with Crippen molar-refractivity contribution in [1.29, 1.82) is 0 Å². The van der Waals surface area contributed by atoms with Crippen LogP contribution in [0.5, 0.6) is 0 Å². The monoisotopic (exact) mass is 271 g/mol. The first-order valence-corrected chi connectivity index (χ1v) is 7.16. The zero-order valence-corrected chi connectivity index (χ0v) is 12.4. The van der Waals surface area contributed by atoms with Crippen molar-refractivity contribution in [2.75, 3.05) is 5.73 Å². The third kappa shape index (κ3) is 2.80. The average Bonchev–Trinajstić information content (AvgIpc) is 2.38. The standard InChI is InChI=1S/C13H17ClFN.C2H6/c1-7(2)8-4-3-5-9-10(8)6-11(16)13(15)12(9)14;1-2/h6-8H,3-5,16H2,1-2H3;1-2H3. The van der Waals surface area contributed by atoms with Crippen molar-refractivity contribution in [1.82, 2.24) is 0 Å². The van der Waals surface area contributed by atoms with Crippen molar-refractivity contribution in [3.8, 4) is 0 Å². The van der Waals surface area contributed by atoms with Crippen LogP contribution in [0.4, 0.5) is 10.1 Å². The molecule has 1 aromatic carbocycles. The van der Waals surface area contributed by atoms with Crippen LogP contribution >= 0.6 is 11.6 Å². The van der Waals surface area contributed by atoms with Gasteiger partial charge in [0.2, 0.25) is 0 Å². The lowest BCUT2D eigenvalue weighted by molar-refractivity contribution is 0.432. The molecule has 102 valence electrons. The number of halogens is 2. The Labute approximate surface area is 115 Å². The average molecular weight is 272 g/mol. The van der Waals surface area contributed by atoms with Crippen LogP contribution in [0.2, 0.25) is 5.02 Å². The van der Waals surface area contributed by atoms with Gasteiger partial charge in [-0.2, -0.15) is 0 Å². The number of nitrogen functional groups attached to an aromatic ring is 1. The van der Waals surface area contributed by atoms with E-state index in [0.29, 0.717) is 11.8 Å². The third-order valence-electron chi connectivity index (χ3n) is 3.52. The normalized spacial score (nSPS) is 18.1. The number of anilines is 1. The van der Waals surface area contributed by atoms with E-state index in [-0.39, 0.29) is 10.7 Å². The van der Waals surface area contributed by atoms with Crippen molar-refractivity contribution in [2.45, 2.75) is 52.9 Å². The van der Waals surface area contributed by atoms with Crippen LogP contribution in [0.25, 0.3) is 0 Å². The first-order valence-electron chi connectivity index (χ1n) is 6.78. The maximum atomic E-state index is 13.6. The van der Waals surface area contributed by atoms with Crippen LogP contribution in [0.3, 0.4) is 0 Å². The second-order valence-corrected chi connectivity index (χ2v) is 5.28. The minimum atomic E-state index is -0.454. The molecule has 1 aromatic rings. The minimum Gasteiger partial charge on any atom is -0.396 e. The van der Waals surface area contributed by atoms with Crippen LogP contribution in [0.15, 0.2) is 6.07 Å². The van der Waals surface area contributed by atoms with E-state index in [4.69, 9.17) is 17.3 Å². The van der Waals surface area contributed by atoms with E-state index >= 15 is 0 Å². The highest BCUT2D eigenvalue weighted by atomic mass is 35.5. The van der Waals surface area contributed by atoms with E-state index in [1.165, 1.54) is 0 Å². The van der Waals surface area contributed by atoms with Crippen LogP contribution in [0.1, 0.15) is 57.6 Å². The van der Waals surface area contributed by atoms with Gasteiger partial charge in [0.1, 0.15) is 0 Å². The van der Waals surface area contributed by atoms with E-state index in [2.05, 4.69) is 13.8 Å². The van der Waals surface area contributed by atoms with Gasteiger partial charge in [0, 0.05) is 0 Å². The largest absolute Gasteiger partial charge is 0.396 e. The van der Waals surface area contributed by atoms with Gasteiger partial charge in [0.25, 0.3) is 0 Å². The Kier molecular flexibility index (Phi) is 5.46. The Morgan fingerprint density at radius 3 is 2.56 bits per heavy atom. The summed E-state index contributed by atoms with van der Waals surface area (Å²) in [6, 6.07) is 1.78. The van der Waals surface area contributed by atoms with Gasteiger partial charge in [-0.05, 0) is 48.3 Å². The first-order chi connectivity index (χ1) is 8.52. The molecule has 0 saturated carbocycles. The Hall–Kier alpha value is -0.760. The smallest absolute Gasteiger partial charge is 0.164 e. The lowest BCUT2D eigenvalue weighted by atomic mass is 9.77. The topological polar surface area (TPSA) is 26.0 Å². The van der Waals surface area contributed by atoms with Crippen molar-refractivity contribution in [3.05, 3.63) is 28.0 Å². The number of hydrogen-bond donors (Lipinski definition) is 1. The predicted molar refractivity (Wildman–Crippen MR) is 77.7 cm³/mol. The fraction of sp³-hybridized carbons (Fsp3) is 0.600. The minimum absolute atomic E-state index is 0.177. The van der Waals surface area contributed by atoms with E-state index in [0.717, 1.165) is 30.4 Å². The summed E-state index contributed by atoms with van der Waals surface area (Å²) in [4.78, 5) is 0. The Morgan fingerprint density at radius 1 is 1.39 bits per heavy atom. The third-order valence-corrected chi connectivity index (χ3v) is 3.91. The fourth-order valence-corrected chi connectivity index (χ4v) is 2.95. The molecule has 1 atom stereocenters. The summed E-state index contributed by atoms with van der Waals surface area (Å²) >= 11 is 6.03. The van der Waals surface area contributed by atoms with Crippen LogP contribution < -0.4 is 5.73 Å². The summed E-state index contributed by atoms with van der Waals surface area (Å²) < 4.78 is 13.6. The quantitative estimate of drug-likeness (QED) is 0.701. The summed E-state index contributed by atoms with van der Waals surface area (Å²) in [5.74, 6) is 0.550. The molecule has 0 saturated heterocycles. The fourth-order valence-electron chi connectivity index (χ4n) is 2.64. The van der Waals surface area contributed by atoms with Gasteiger partial charge in [0.05, 0.1) is 10.7 Å². The summed E-state index contributed by atoms with van der Waals surface area (Å²) in [6.45, 7) is 8.38. The summed E-state index contributed by atoms with van der Waals surface area (Å²) in [7, 11) is 0. The molecule has 18 heavy (non-hydrogen) atoms. The molecule has 0 aromatic heterocycles. The molecule has 0 spiro atoms. The van der Waals surface area contributed by atoms with Crippen LogP contribution in [-0.2, 0) is 6.42 Å². The highest BCUT2D eigenvalue weighted by molar-refractivity contribution is 6.32. The molecular formula is C15H23ClFN. The lowest BCUT2D eigenvalue weighted by Crippen LogP contribution is -2.16. The second-order valence-electron chi connectivity index (χ2n) is 4.90. The van der Waals surface area contributed by atoms with Gasteiger partial charge in [-0.3, -0.25) is 0 Å². The lowest BCUT2D eigenvalue weighted by Gasteiger charge is -2.29. The number of nitrogens with two attached hydrogens (primary N) is 1. The van der Waals surface area contributed by atoms with Crippen molar-refractivity contribution >= 4 is 17.3 Å². The Morgan fingerprint density at radius 2 is 2.00 bits per heavy atom. The summed E-state index contributed by atoms with van der Waals surface area (Å²) in [5, 5.41) is 0.236. The number of fused-ring (bicyclic) bond motifs is 1. The molecule has 0 radical (unpaired) electrons. The second kappa shape index (κ2) is 6.42. The predicted octanol–water partition coefficient (Wildman–Crippen LogP) is 5.16. The first kappa shape index (κ1) is 15.3. The van der Waals surface area contributed by atoms with Crippen molar-refractivity contribution in [2.24, 2.45) is 5.92 Å². The molecular weight excluding hydrogens is 249 g/mol. The molecule has 1 aliphatic carbocycles. The van der Waals surface area contributed by atoms with E-state index in [9.17, 15) is 4.39 Å². The molecule has 0 amide bonds. The van der Waals surface area contributed by atoms with Gasteiger partial charge < -0.3 is 5.73 Å². The van der Waals surface area contributed by atoms with Crippen LogP contribution in [-0.4, -0.2) is 0 Å². The summed E-state index contributed by atoms with van der Waals surface area (Å²) in [6.07, 6.45) is 3.10. The number of rotatable bonds is 1. The van der Waals surface area contributed by atoms with Crippen LogP contribution in [0, 0.1) is 11.7 Å². The molecule has 1 unspecified atom stereocenters. The SMILES string of the molecule is CC.CC(C)C1CCCc2c1cc(N)c(F)c2Cl. The van der Waals surface area contributed by atoms with Crippen molar-refractivity contribution < 1.29 is 4.39 Å². The van der Waals surface area contributed by atoms with E-state index < -0.39 is 5.82 Å². The van der Waals surface area contributed by atoms with E-state index in [1.807, 2.05) is 13.8 Å². The zero-order chi connectivity index (χ0) is 13.9. The zero-order valence-electron chi connectivity index (χ0n) is 11.7. The van der Waals surface area contributed by atoms with E-state index in [1.54, 1.807) is 6.07 Å². The van der Waals surface area contributed by atoms with Gasteiger partial charge in [-0.1, -0.05) is 39.3 Å². The maximum absolute atomic E-state index is 13.6. The molecule has 3 heteroatoms. The molecule has 0 heterocycles. The molecule has 0 fully saturated rings. The number of benzene rings is 1. The molecule has 0 aliphatic heterocycles. The van der Waals surface area contributed by atoms with Crippen molar-refractivity contribution in [3.63, 3.8) is 0 Å². The molecule has 2 rings (SSSR count). The molecule has 1 aliphatic rings. The highest BCUT2D eigenvalue weighted by Crippen LogP contribution is 2.41.